The van der Waals surface area contributed by atoms with E-state index in [0.717, 1.165) is 65.5 Å². The molecule has 2 heterocycles. The molecule has 40 heavy (non-hydrogen) atoms. The van der Waals surface area contributed by atoms with Crippen LogP contribution < -0.4 is 19.9 Å². The summed E-state index contributed by atoms with van der Waals surface area (Å²) in [7, 11) is 3.85. The number of aromatic nitrogens is 1. The van der Waals surface area contributed by atoms with E-state index >= 15 is 0 Å². The minimum absolute atomic E-state index is 0.209. The normalized spacial score (nSPS) is 17.1. The van der Waals surface area contributed by atoms with Crippen LogP contribution in [0.4, 0.5) is 0 Å². The van der Waals surface area contributed by atoms with Crippen LogP contribution in [0.3, 0.4) is 0 Å². The quantitative estimate of drug-likeness (QED) is 0.355. The molecule has 0 atom stereocenters. The number of methoxy groups -OCH3 is 1. The average Bonchev–Trinajstić information content (AvgIpc) is 3.56. The first kappa shape index (κ1) is 28.1. The van der Waals surface area contributed by atoms with Crippen molar-refractivity contribution < 1.29 is 33.4 Å². The van der Waals surface area contributed by atoms with E-state index < -0.39 is 11.4 Å². The Morgan fingerprint density at radius 3 is 2.55 bits per heavy atom. The van der Waals surface area contributed by atoms with Crippen molar-refractivity contribution in [1.82, 2.24) is 10.3 Å². The molecule has 9 nitrogen and oxygen atoms in total. The predicted molar refractivity (Wildman–Crippen MR) is 149 cm³/mol. The third kappa shape index (κ3) is 6.29. The molecule has 1 N–H and O–H groups in total. The lowest BCUT2D eigenvalue weighted by molar-refractivity contribution is -0.916. The summed E-state index contributed by atoms with van der Waals surface area (Å²) in [6.45, 7) is 5.27. The number of quaternary nitrogens is 1. The Morgan fingerprint density at radius 2 is 1.88 bits per heavy atom. The molecule has 3 aromatic rings. The number of carbonyl (C=O) groups is 2. The number of likely N-dealkylation sites (N-methyl/N-ethyl adjacent to an activating group) is 1. The summed E-state index contributed by atoms with van der Waals surface area (Å²) in [5.41, 5.74) is 2.53. The zero-order valence-corrected chi connectivity index (χ0v) is 23.8. The van der Waals surface area contributed by atoms with Crippen molar-refractivity contribution in [3.8, 4) is 22.8 Å². The average molecular weight is 566 g/mol. The first-order valence-corrected chi connectivity index (χ1v) is 14.4. The number of thiazole rings is 1. The lowest BCUT2D eigenvalue weighted by Gasteiger charge is -2.37. The number of rotatable bonds is 11. The van der Waals surface area contributed by atoms with E-state index in [4.69, 9.17) is 19.2 Å². The first-order valence-electron chi connectivity index (χ1n) is 13.5. The number of carbonyl (C=O) groups excluding carboxylic acids is 2. The monoisotopic (exact) mass is 565 g/mol. The Labute approximate surface area is 238 Å². The molecule has 0 radical (unpaired) electrons. The number of nitrogens with zero attached hydrogens (tertiary/aromatic N) is 2. The van der Waals surface area contributed by atoms with Gasteiger partial charge in [0, 0.05) is 29.4 Å². The SMILES string of the molecule is COc1cc(OCC[N+]2(C)CCOCC2)ccc1-c1csc(CNC(=O)C2(CC(=O)[O-])Cc3ccccc3C2)n1. The third-order valence-electron chi connectivity index (χ3n) is 7.99. The highest BCUT2D eigenvalue weighted by atomic mass is 32.1. The van der Waals surface area contributed by atoms with Crippen LogP contribution in [-0.4, -0.2) is 75.0 Å². The zero-order chi connectivity index (χ0) is 28.2. The number of hydrogen-bond acceptors (Lipinski definition) is 8. The van der Waals surface area contributed by atoms with Crippen molar-refractivity contribution in [2.24, 2.45) is 5.41 Å². The van der Waals surface area contributed by atoms with E-state index in [9.17, 15) is 14.7 Å². The van der Waals surface area contributed by atoms with Crippen molar-refractivity contribution >= 4 is 23.2 Å². The van der Waals surface area contributed by atoms with E-state index in [1.807, 2.05) is 47.8 Å². The summed E-state index contributed by atoms with van der Waals surface area (Å²) >= 11 is 1.43. The van der Waals surface area contributed by atoms with Crippen molar-refractivity contribution in [2.45, 2.75) is 25.8 Å². The van der Waals surface area contributed by atoms with Crippen LogP contribution in [0.25, 0.3) is 11.3 Å². The Bertz CT molecular complexity index is 1340. The molecule has 1 aromatic heterocycles. The van der Waals surface area contributed by atoms with Gasteiger partial charge in [0.2, 0.25) is 5.91 Å². The number of morpholine rings is 1. The molecule has 1 aliphatic heterocycles. The summed E-state index contributed by atoms with van der Waals surface area (Å²) in [5.74, 6) is -0.131. The molecule has 1 fully saturated rings. The van der Waals surface area contributed by atoms with Crippen LogP contribution >= 0.6 is 11.3 Å². The summed E-state index contributed by atoms with van der Waals surface area (Å²) in [4.78, 5) is 29.6. The summed E-state index contributed by atoms with van der Waals surface area (Å²) in [6, 6.07) is 13.4. The number of aliphatic carboxylic acids is 1. The Balaban J connectivity index is 1.21. The van der Waals surface area contributed by atoms with Crippen LogP contribution in [-0.2, 0) is 33.7 Å². The van der Waals surface area contributed by atoms with Crippen LogP contribution in [0.2, 0.25) is 0 Å². The smallest absolute Gasteiger partial charge is 0.227 e. The van der Waals surface area contributed by atoms with Gasteiger partial charge >= 0.3 is 0 Å². The number of benzene rings is 2. The molecule has 0 saturated carbocycles. The highest BCUT2D eigenvalue weighted by Crippen LogP contribution is 2.40. The molecule has 0 bridgehead atoms. The van der Waals surface area contributed by atoms with E-state index in [-0.39, 0.29) is 18.9 Å². The number of fused-ring (bicyclic) bond motifs is 1. The molecule has 2 aromatic carbocycles. The molecule has 1 saturated heterocycles. The lowest BCUT2D eigenvalue weighted by Crippen LogP contribution is -2.53. The maximum Gasteiger partial charge on any atom is 0.227 e. The van der Waals surface area contributed by atoms with Gasteiger partial charge in [-0.3, -0.25) is 4.79 Å². The summed E-state index contributed by atoms with van der Waals surface area (Å²) < 4.78 is 18.1. The fraction of sp³-hybridized carbons (Fsp3) is 0.433. The number of amides is 1. The molecule has 212 valence electrons. The zero-order valence-electron chi connectivity index (χ0n) is 22.9. The Morgan fingerprint density at radius 1 is 1.15 bits per heavy atom. The Kier molecular flexibility index (Phi) is 8.39. The van der Waals surface area contributed by atoms with Crippen molar-refractivity contribution in [3.63, 3.8) is 0 Å². The number of nitrogens with one attached hydrogen (secondary N) is 1. The number of hydrogen-bond donors (Lipinski definition) is 1. The second-order valence-electron chi connectivity index (χ2n) is 10.9. The van der Waals surface area contributed by atoms with Crippen LogP contribution in [0, 0.1) is 5.41 Å². The van der Waals surface area contributed by atoms with E-state index in [1.54, 1.807) is 7.11 Å². The maximum atomic E-state index is 13.3. The molecule has 1 amide bonds. The van der Waals surface area contributed by atoms with Gasteiger partial charge in [0.25, 0.3) is 0 Å². The van der Waals surface area contributed by atoms with E-state index in [2.05, 4.69) is 12.4 Å². The van der Waals surface area contributed by atoms with Crippen LogP contribution in [0.15, 0.2) is 47.8 Å². The van der Waals surface area contributed by atoms with E-state index in [1.165, 1.54) is 11.3 Å². The first-order chi connectivity index (χ1) is 19.3. The third-order valence-corrected chi connectivity index (χ3v) is 8.84. The molecule has 2 aliphatic rings. The minimum atomic E-state index is -1.23. The fourth-order valence-corrected chi connectivity index (χ4v) is 6.29. The highest BCUT2D eigenvalue weighted by Gasteiger charge is 2.43. The molecule has 0 spiro atoms. The number of carboxylic acids is 1. The van der Waals surface area contributed by atoms with Gasteiger partial charge < -0.3 is 33.9 Å². The topological polar surface area (TPSA) is 110 Å². The molecular weight excluding hydrogens is 530 g/mol. The fourth-order valence-electron chi connectivity index (χ4n) is 5.56. The van der Waals surface area contributed by atoms with Gasteiger partial charge in [-0.1, -0.05) is 24.3 Å². The van der Waals surface area contributed by atoms with Crippen molar-refractivity contribution in [3.05, 3.63) is 64.0 Å². The summed E-state index contributed by atoms with van der Waals surface area (Å²) in [5, 5.41) is 17.1. The number of carboxylic acid groups (broad SMARTS) is 1. The van der Waals surface area contributed by atoms with Gasteiger partial charge in [-0.2, -0.15) is 0 Å². The second kappa shape index (κ2) is 12.0. The van der Waals surface area contributed by atoms with Gasteiger partial charge in [-0.15, -0.1) is 11.3 Å². The number of ether oxygens (including phenoxy) is 3. The highest BCUT2D eigenvalue weighted by molar-refractivity contribution is 7.09. The molecular formula is C30H35N3O6S. The molecule has 1 aliphatic carbocycles. The predicted octanol–water partition coefficient (Wildman–Crippen LogP) is 2.22. The Hall–Kier alpha value is -3.47. The largest absolute Gasteiger partial charge is 0.550 e. The minimum Gasteiger partial charge on any atom is -0.550 e. The lowest BCUT2D eigenvalue weighted by atomic mass is 9.80. The van der Waals surface area contributed by atoms with E-state index in [0.29, 0.717) is 30.2 Å². The van der Waals surface area contributed by atoms with Crippen molar-refractivity contribution in [1.29, 1.82) is 0 Å². The van der Waals surface area contributed by atoms with Crippen LogP contribution in [0.5, 0.6) is 11.5 Å². The van der Waals surface area contributed by atoms with Crippen LogP contribution in [0.1, 0.15) is 22.6 Å². The van der Waals surface area contributed by atoms with Crippen molar-refractivity contribution in [2.75, 3.05) is 53.6 Å². The second-order valence-corrected chi connectivity index (χ2v) is 11.8. The molecule has 10 heteroatoms. The van der Waals surface area contributed by atoms with Gasteiger partial charge in [-0.25, -0.2) is 4.98 Å². The van der Waals surface area contributed by atoms with Gasteiger partial charge in [0.15, 0.2) is 0 Å². The van der Waals surface area contributed by atoms with Gasteiger partial charge in [0.1, 0.15) is 42.7 Å². The van der Waals surface area contributed by atoms with Gasteiger partial charge in [0.05, 0.1) is 45.0 Å². The molecule has 0 unspecified atom stereocenters. The van der Waals surface area contributed by atoms with Gasteiger partial charge in [-0.05, 0) is 36.1 Å². The maximum absolute atomic E-state index is 13.3. The molecule has 5 rings (SSSR count). The standard InChI is InChI=1S/C30H35N3O6S/c1-33(9-12-38-13-10-33)11-14-39-23-7-8-24(26(15-23)37-2)25-20-40-27(32-25)19-31-29(36)30(18-28(34)35)16-21-5-3-4-6-22(21)17-30/h3-8,15,20H,9-14,16-19H2,1-2H3,(H-,31,34,35,36). The summed E-state index contributed by atoms with van der Waals surface area (Å²) in [6.07, 6.45) is 0.434.